The Labute approximate surface area is 244 Å². The number of hydrogen-bond donors (Lipinski definition) is 1. The van der Waals surface area contributed by atoms with Crippen molar-refractivity contribution in [1.82, 2.24) is 14.5 Å². The molecule has 0 radical (unpaired) electrons. The van der Waals surface area contributed by atoms with Crippen molar-refractivity contribution in [2.45, 2.75) is 62.3 Å². The van der Waals surface area contributed by atoms with Gasteiger partial charge in [-0.05, 0) is 86.1 Å². The van der Waals surface area contributed by atoms with Gasteiger partial charge in [0.2, 0.25) is 5.91 Å². The van der Waals surface area contributed by atoms with Crippen LogP contribution in [0.1, 0.15) is 49.8 Å². The Hall–Kier alpha value is -2.31. The van der Waals surface area contributed by atoms with Crippen LogP contribution in [0.2, 0.25) is 5.02 Å². The maximum atomic E-state index is 12.6. The lowest BCUT2D eigenvalue weighted by molar-refractivity contribution is -0.121. The van der Waals surface area contributed by atoms with E-state index in [1.54, 1.807) is 11.9 Å². The van der Waals surface area contributed by atoms with Gasteiger partial charge in [0.25, 0.3) is 0 Å². The van der Waals surface area contributed by atoms with Crippen LogP contribution in [0.4, 0.5) is 0 Å². The monoisotopic (exact) mass is 563 g/mol. The largest absolute Gasteiger partial charge is 0.353 e. The Kier molecular flexibility index (Phi) is 10.9. The van der Waals surface area contributed by atoms with E-state index in [2.05, 4.69) is 65.7 Å². The summed E-state index contributed by atoms with van der Waals surface area (Å²) in [6.07, 6.45) is 4.58. The Balaban J connectivity index is 1.35. The lowest BCUT2D eigenvalue weighted by atomic mass is 9.76. The topological polar surface area (TPSA) is 35.6 Å². The summed E-state index contributed by atoms with van der Waals surface area (Å²) < 4.78 is 2.35. The molecule has 3 aromatic rings. The van der Waals surface area contributed by atoms with Crippen molar-refractivity contribution in [3.63, 3.8) is 0 Å². The van der Waals surface area contributed by atoms with Crippen molar-refractivity contribution >= 4 is 29.5 Å². The number of likely N-dealkylation sites (N-methyl/N-ethyl adjacent to an activating group) is 1. The van der Waals surface area contributed by atoms with E-state index in [9.17, 15) is 4.79 Å². The summed E-state index contributed by atoms with van der Waals surface area (Å²) in [5.74, 6) is 0.128. The molecule has 0 spiro atoms. The number of nitrogens with zero attached hydrogens (tertiary/aromatic N) is 2. The van der Waals surface area contributed by atoms with Crippen LogP contribution in [-0.2, 0) is 23.1 Å². The summed E-state index contributed by atoms with van der Waals surface area (Å²) >= 11 is 8.00. The fourth-order valence-corrected chi connectivity index (χ4v) is 6.99. The number of piperidine rings is 1. The molecule has 4 rings (SSSR count). The molecule has 0 bridgehead atoms. The molecular formula is C33H42ClN3OS. The van der Waals surface area contributed by atoms with E-state index >= 15 is 0 Å². The summed E-state index contributed by atoms with van der Waals surface area (Å²) in [7, 11) is 2.18. The Morgan fingerprint density at radius 2 is 1.77 bits per heavy atom. The number of halogens is 1. The second-order valence-electron chi connectivity index (χ2n) is 11.0. The second kappa shape index (κ2) is 14.4. The summed E-state index contributed by atoms with van der Waals surface area (Å²) in [6.45, 7) is 8.71. The first kappa shape index (κ1) is 29.7. The minimum atomic E-state index is 0.00762. The highest BCUT2D eigenvalue weighted by Crippen LogP contribution is 2.35. The van der Waals surface area contributed by atoms with Gasteiger partial charge >= 0.3 is 0 Å². The quantitative estimate of drug-likeness (QED) is 0.240. The van der Waals surface area contributed by atoms with Crippen LogP contribution in [0.5, 0.6) is 0 Å². The first-order valence-electron chi connectivity index (χ1n) is 14.1. The number of hydrogen-bond acceptors (Lipinski definition) is 4. The molecule has 208 valence electrons. The summed E-state index contributed by atoms with van der Waals surface area (Å²) in [5.41, 5.74) is 3.96. The van der Waals surface area contributed by atoms with E-state index in [0.29, 0.717) is 6.42 Å². The van der Waals surface area contributed by atoms with E-state index in [0.717, 1.165) is 67.3 Å². The van der Waals surface area contributed by atoms with Gasteiger partial charge in [0.05, 0.1) is 6.42 Å². The standard InChI is InChI=1S/C33H42ClN3OS/c1-4-27-13-8-9-16-31(27)33(2,25-36(3)39-30-15-10-14-28(34)24-30)19-22-37-20-17-29(18-21-37)35-32(38)23-26-11-6-5-7-12-26/h5-16,24,29H,4,17-23,25H2,1-3H3,(H,35,38). The zero-order chi connectivity index (χ0) is 27.7. The Morgan fingerprint density at radius 3 is 2.49 bits per heavy atom. The molecule has 0 aromatic heterocycles. The molecule has 4 nitrogen and oxygen atoms in total. The highest BCUT2D eigenvalue weighted by molar-refractivity contribution is 7.97. The second-order valence-corrected chi connectivity index (χ2v) is 12.7. The average molecular weight is 564 g/mol. The number of rotatable bonds is 12. The zero-order valence-electron chi connectivity index (χ0n) is 23.5. The molecule has 0 aliphatic carbocycles. The molecule has 1 heterocycles. The van der Waals surface area contributed by atoms with Gasteiger partial charge in [-0.25, -0.2) is 4.31 Å². The van der Waals surface area contributed by atoms with E-state index in [1.807, 2.05) is 48.5 Å². The predicted octanol–water partition coefficient (Wildman–Crippen LogP) is 7.01. The fourth-order valence-electron chi connectivity index (χ4n) is 5.71. The van der Waals surface area contributed by atoms with Crippen LogP contribution in [-0.4, -0.2) is 54.4 Å². The smallest absolute Gasteiger partial charge is 0.224 e. The third-order valence-electron chi connectivity index (χ3n) is 7.82. The van der Waals surface area contributed by atoms with Gasteiger partial charge in [-0.15, -0.1) is 0 Å². The van der Waals surface area contributed by atoms with Crippen molar-refractivity contribution in [2.75, 3.05) is 33.2 Å². The fraction of sp³-hybridized carbons (Fsp3) is 0.424. The molecule has 1 amide bonds. The average Bonchev–Trinajstić information content (AvgIpc) is 2.93. The first-order chi connectivity index (χ1) is 18.8. The summed E-state index contributed by atoms with van der Waals surface area (Å²) in [6, 6.07) is 27.3. The van der Waals surface area contributed by atoms with Crippen LogP contribution in [0.3, 0.4) is 0 Å². The lowest BCUT2D eigenvalue weighted by Crippen LogP contribution is -2.46. The molecule has 3 aromatic carbocycles. The molecule has 39 heavy (non-hydrogen) atoms. The number of aryl methyl sites for hydroxylation is 1. The third-order valence-corrected chi connectivity index (χ3v) is 8.96. The molecular weight excluding hydrogens is 522 g/mol. The summed E-state index contributed by atoms with van der Waals surface area (Å²) in [4.78, 5) is 16.3. The first-order valence-corrected chi connectivity index (χ1v) is 15.3. The number of amides is 1. The Morgan fingerprint density at radius 1 is 1.05 bits per heavy atom. The Bertz CT molecular complexity index is 1200. The normalized spacial score (nSPS) is 16.2. The van der Waals surface area contributed by atoms with Crippen LogP contribution >= 0.6 is 23.5 Å². The highest BCUT2D eigenvalue weighted by atomic mass is 35.5. The van der Waals surface area contributed by atoms with Crippen LogP contribution in [0.15, 0.2) is 83.8 Å². The van der Waals surface area contributed by atoms with Gasteiger partial charge in [0, 0.05) is 41.0 Å². The zero-order valence-corrected chi connectivity index (χ0v) is 25.1. The van der Waals surface area contributed by atoms with Crippen LogP contribution in [0.25, 0.3) is 0 Å². The minimum Gasteiger partial charge on any atom is -0.353 e. The maximum Gasteiger partial charge on any atom is 0.224 e. The van der Waals surface area contributed by atoms with Gasteiger partial charge in [-0.3, -0.25) is 4.79 Å². The SMILES string of the molecule is CCc1ccccc1C(C)(CCN1CCC(NC(=O)Cc2ccccc2)CC1)CN(C)Sc1cccc(Cl)c1. The van der Waals surface area contributed by atoms with E-state index in [1.165, 1.54) is 11.1 Å². The maximum absolute atomic E-state index is 12.6. The van der Waals surface area contributed by atoms with E-state index < -0.39 is 0 Å². The third kappa shape index (κ3) is 8.84. The number of likely N-dealkylation sites (tertiary alicyclic amines) is 1. The molecule has 1 fully saturated rings. The van der Waals surface area contributed by atoms with Crippen molar-refractivity contribution in [1.29, 1.82) is 0 Å². The highest BCUT2D eigenvalue weighted by Gasteiger charge is 2.32. The van der Waals surface area contributed by atoms with Gasteiger partial charge in [-0.1, -0.05) is 86.1 Å². The number of carbonyl (C=O) groups is 1. The van der Waals surface area contributed by atoms with Gasteiger partial charge in [0.15, 0.2) is 0 Å². The predicted molar refractivity (Wildman–Crippen MR) is 165 cm³/mol. The van der Waals surface area contributed by atoms with Gasteiger partial charge < -0.3 is 10.2 Å². The molecule has 1 unspecified atom stereocenters. The number of carbonyl (C=O) groups excluding carboxylic acids is 1. The molecule has 1 atom stereocenters. The van der Waals surface area contributed by atoms with E-state index in [4.69, 9.17) is 11.6 Å². The van der Waals surface area contributed by atoms with Crippen molar-refractivity contribution in [3.8, 4) is 0 Å². The van der Waals surface area contributed by atoms with Crippen LogP contribution < -0.4 is 5.32 Å². The molecule has 1 saturated heterocycles. The number of benzene rings is 3. The van der Waals surface area contributed by atoms with Gasteiger partial charge in [-0.2, -0.15) is 0 Å². The van der Waals surface area contributed by atoms with Crippen molar-refractivity contribution < 1.29 is 4.79 Å². The number of nitrogens with one attached hydrogen (secondary N) is 1. The molecule has 1 aliphatic rings. The summed E-state index contributed by atoms with van der Waals surface area (Å²) in [5, 5.41) is 4.04. The minimum absolute atomic E-state index is 0.00762. The molecule has 1 aliphatic heterocycles. The molecule has 1 N–H and O–H groups in total. The van der Waals surface area contributed by atoms with Gasteiger partial charge in [0.1, 0.15) is 0 Å². The van der Waals surface area contributed by atoms with E-state index in [-0.39, 0.29) is 17.4 Å². The van der Waals surface area contributed by atoms with Crippen molar-refractivity contribution in [2.24, 2.45) is 0 Å². The molecule has 0 saturated carbocycles. The lowest BCUT2D eigenvalue weighted by Gasteiger charge is -2.39. The molecule has 6 heteroatoms. The van der Waals surface area contributed by atoms with Crippen LogP contribution in [0, 0.1) is 0 Å². The van der Waals surface area contributed by atoms with Crippen molar-refractivity contribution in [3.05, 3.63) is 101 Å².